The molecule has 0 saturated carbocycles. The summed E-state index contributed by atoms with van der Waals surface area (Å²) >= 11 is 0. The molecule has 1 atom stereocenters. The number of unbranched alkanes of at least 4 members (excludes halogenated alkanes) is 22. The Labute approximate surface area is 413 Å². The van der Waals surface area contributed by atoms with Gasteiger partial charge in [-0.1, -0.05) is 234 Å². The monoisotopic (exact) mass is 931 g/mol. The van der Waals surface area contributed by atoms with Crippen LogP contribution in [0.25, 0.3) is 0 Å². The van der Waals surface area contributed by atoms with E-state index in [-0.39, 0.29) is 31.1 Å². The lowest BCUT2D eigenvalue weighted by molar-refractivity contribution is -0.167. The molecule has 0 aromatic heterocycles. The largest absolute Gasteiger partial charge is 0.462 e. The van der Waals surface area contributed by atoms with E-state index < -0.39 is 6.10 Å². The van der Waals surface area contributed by atoms with Crippen molar-refractivity contribution in [3.05, 3.63) is 97.2 Å². The fourth-order valence-electron chi connectivity index (χ4n) is 7.48. The van der Waals surface area contributed by atoms with Crippen molar-refractivity contribution in [3.8, 4) is 0 Å². The molecule has 0 radical (unpaired) electrons. The van der Waals surface area contributed by atoms with E-state index in [4.69, 9.17) is 14.2 Å². The molecule has 0 aliphatic carbocycles. The van der Waals surface area contributed by atoms with E-state index >= 15 is 0 Å². The Morgan fingerprint density at radius 2 is 0.582 bits per heavy atom. The zero-order chi connectivity index (χ0) is 48.6. The zero-order valence-electron chi connectivity index (χ0n) is 43.6. The van der Waals surface area contributed by atoms with Gasteiger partial charge in [-0.3, -0.25) is 14.4 Å². The third-order valence-corrected chi connectivity index (χ3v) is 11.6. The summed E-state index contributed by atoms with van der Waals surface area (Å²) in [7, 11) is 0. The van der Waals surface area contributed by atoms with E-state index in [1.807, 2.05) is 0 Å². The second-order valence-corrected chi connectivity index (χ2v) is 18.1. The molecule has 6 nitrogen and oxygen atoms in total. The van der Waals surface area contributed by atoms with Crippen molar-refractivity contribution in [1.29, 1.82) is 0 Å². The van der Waals surface area contributed by atoms with Crippen molar-refractivity contribution in [1.82, 2.24) is 0 Å². The molecule has 0 aliphatic rings. The molecule has 0 heterocycles. The van der Waals surface area contributed by atoms with Gasteiger partial charge in [-0.2, -0.15) is 0 Å². The summed E-state index contributed by atoms with van der Waals surface area (Å²) in [6.07, 6.45) is 72.5. The number of hydrogen-bond acceptors (Lipinski definition) is 6. The zero-order valence-corrected chi connectivity index (χ0v) is 43.6. The topological polar surface area (TPSA) is 78.9 Å². The smallest absolute Gasteiger partial charge is 0.306 e. The Balaban J connectivity index is 4.48. The molecule has 0 rings (SSSR count). The number of rotatable bonds is 49. The van der Waals surface area contributed by atoms with E-state index in [1.54, 1.807) is 0 Å². The molecular formula is C61H102O6. The molecule has 0 aromatic carbocycles. The van der Waals surface area contributed by atoms with Crippen LogP contribution in [0.1, 0.15) is 252 Å². The number of ether oxygens (including phenoxy) is 3. The minimum atomic E-state index is -0.807. The van der Waals surface area contributed by atoms with Gasteiger partial charge in [0.1, 0.15) is 13.2 Å². The molecule has 0 aromatic rings. The first-order valence-electron chi connectivity index (χ1n) is 27.7. The van der Waals surface area contributed by atoms with E-state index in [0.29, 0.717) is 19.3 Å². The first-order valence-corrected chi connectivity index (χ1v) is 27.7. The predicted octanol–water partition coefficient (Wildman–Crippen LogP) is 18.5. The molecule has 0 saturated heterocycles. The first-order chi connectivity index (χ1) is 33.0. The van der Waals surface area contributed by atoms with Crippen molar-refractivity contribution >= 4 is 17.9 Å². The summed E-state index contributed by atoms with van der Waals surface area (Å²) in [6, 6.07) is 0. The Morgan fingerprint density at radius 3 is 0.940 bits per heavy atom. The van der Waals surface area contributed by atoms with Gasteiger partial charge < -0.3 is 14.2 Å². The van der Waals surface area contributed by atoms with Gasteiger partial charge >= 0.3 is 17.9 Å². The Kier molecular flexibility index (Phi) is 51.9. The Hall–Kier alpha value is -3.67. The van der Waals surface area contributed by atoms with Crippen LogP contribution in [-0.4, -0.2) is 37.2 Å². The lowest BCUT2D eigenvalue weighted by atomic mass is 10.0. The van der Waals surface area contributed by atoms with Crippen LogP contribution in [0, 0.1) is 0 Å². The second-order valence-electron chi connectivity index (χ2n) is 18.1. The number of hydrogen-bond donors (Lipinski definition) is 0. The van der Waals surface area contributed by atoms with Gasteiger partial charge in [0.25, 0.3) is 0 Å². The first kappa shape index (κ1) is 63.3. The second kappa shape index (κ2) is 54.9. The number of carbonyl (C=O) groups is 3. The van der Waals surface area contributed by atoms with Crippen LogP contribution >= 0.6 is 0 Å². The Morgan fingerprint density at radius 1 is 0.313 bits per heavy atom. The van der Waals surface area contributed by atoms with E-state index in [9.17, 15) is 14.4 Å². The van der Waals surface area contributed by atoms with Crippen LogP contribution in [0.3, 0.4) is 0 Å². The molecule has 0 spiro atoms. The molecule has 6 heteroatoms. The number of esters is 3. The molecule has 0 N–H and O–H groups in total. The van der Waals surface area contributed by atoms with Crippen molar-refractivity contribution in [3.63, 3.8) is 0 Å². The summed E-state index contributed by atoms with van der Waals surface area (Å²) < 4.78 is 16.8. The lowest BCUT2D eigenvalue weighted by Crippen LogP contribution is -2.30. The predicted molar refractivity (Wildman–Crippen MR) is 288 cm³/mol. The quantitative estimate of drug-likeness (QED) is 0.0262. The van der Waals surface area contributed by atoms with Crippen LogP contribution in [-0.2, 0) is 28.6 Å². The Bertz CT molecular complexity index is 1350. The maximum Gasteiger partial charge on any atom is 0.306 e. The van der Waals surface area contributed by atoms with Crippen LogP contribution in [0.15, 0.2) is 97.2 Å². The molecule has 0 aliphatic heterocycles. The summed E-state index contributed by atoms with van der Waals surface area (Å²) in [6.45, 7) is 6.37. The molecule has 0 bridgehead atoms. The van der Waals surface area contributed by atoms with Crippen LogP contribution in [0.5, 0.6) is 0 Å². The van der Waals surface area contributed by atoms with Gasteiger partial charge in [0.15, 0.2) is 6.10 Å². The van der Waals surface area contributed by atoms with Crippen LogP contribution < -0.4 is 0 Å². The molecule has 0 unspecified atom stereocenters. The highest BCUT2D eigenvalue weighted by Gasteiger charge is 2.19. The van der Waals surface area contributed by atoms with E-state index in [1.165, 1.54) is 89.9 Å². The van der Waals surface area contributed by atoms with Gasteiger partial charge in [-0.25, -0.2) is 0 Å². The minimum Gasteiger partial charge on any atom is -0.462 e. The number of carbonyl (C=O) groups excluding carboxylic acids is 3. The molecule has 382 valence electrons. The fourth-order valence-corrected chi connectivity index (χ4v) is 7.48. The van der Waals surface area contributed by atoms with Crippen molar-refractivity contribution in [2.45, 2.75) is 258 Å². The summed E-state index contributed by atoms with van der Waals surface area (Å²) in [4.78, 5) is 38.1. The average molecular weight is 931 g/mol. The highest BCUT2D eigenvalue weighted by molar-refractivity contribution is 5.71. The molecular weight excluding hydrogens is 829 g/mol. The maximum atomic E-state index is 12.8. The highest BCUT2D eigenvalue weighted by Crippen LogP contribution is 2.15. The normalized spacial score (nSPS) is 12.8. The average Bonchev–Trinajstić information content (AvgIpc) is 3.33. The van der Waals surface area contributed by atoms with Crippen molar-refractivity contribution in [2.75, 3.05) is 13.2 Å². The SMILES string of the molecule is CC/C=C\C/C=C\C/C=C\C/C=C\CCCCCCC(=O)O[C@H](COC(=O)CCCC/C=C\C/C=C\C/C=C\C/C=C\CC)COC(=O)CCCCCCCCCCCCCCCCCCC. The van der Waals surface area contributed by atoms with Crippen LogP contribution in [0.2, 0.25) is 0 Å². The molecule has 0 fully saturated rings. The third kappa shape index (κ3) is 53.2. The standard InChI is InChI=1S/C61H102O6/c1-4-7-10-13-16-19-22-25-28-30-33-36-39-42-45-48-51-54-60(63)66-57-58(56-65-59(62)53-50-47-44-41-38-35-32-27-24-21-18-15-12-9-6-3)67-61(64)55-52-49-46-43-40-37-34-31-29-26-23-20-17-14-11-8-5-2/h8-9,11-12,17-18,20-21,26-27,29,32,34,37-38,41,58H,4-7,10,13-16,19,22-25,28,30-31,33,35-36,39-40,42-57H2,1-3H3/b11-8-,12-9-,20-17-,21-18-,29-26-,32-27-,37-34-,41-38-/t58-/m1/s1. The van der Waals surface area contributed by atoms with Gasteiger partial charge in [-0.15, -0.1) is 0 Å². The van der Waals surface area contributed by atoms with Crippen molar-refractivity contribution in [2.24, 2.45) is 0 Å². The van der Waals surface area contributed by atoms with E-state index in [0.717, 1.165) is 122 Å². The summed E-state index contributed by atoms with van der Waals surface area (Å²) in [5.41, 5.74) is 0. The minimum absolute atomic E-state index is 0.0997. The summed E-state index contributed by atoms with van der Waals surface area (Å²) in [5, 5.41) is 0. The van der Waals surface area contributed by atoms with Gasteiger partial charge in [-0.05, 0) is 96.3 Å². The van der Waals surface area contributed by atoms with Gasteiger partial charge in [0.2, 0.25) is 0 Å². The van der Waals surface area contributed by atoms with Gasteiger partial charge in [0, 0.05) is 19.3 Å². The van der Waals surface area contributed by atoms with Gasteiger partial charge in [0.05, 0.1) is 0 Å². The third-order valence-electron chi connectivity index (χ3n) is 11.6. The highest BCUT2D eigenvalue weighted by atomic mass is 16.6. The number of allylic oxidation sites excluding steroid dienone is 16. The summed E-state index contributed by atoms with van der Waals surface area (Å²) in [5.74, 6) is -0.964. The van der Waals surface area contributed by atoms with Crippen molar-refractivity contribution < 1.29 is 28.6 Å². The fraction of sp³-hybridized carbons (Fsp3) is 0.689. The molecule has 0 amide bonds. The maximum absolute atomic E-state index is 12.8. The molecule has 67 heavy (non-hydrogen) atoms. The van der Waals surface area contributed by atoms with E-state index in [2.05, 4.69) is 118 Å². The lowest BCUT2D eigenvalue weighted by Gasteiger charge is -2.18. The van der Waals surface area contributed by atoms with Crippen LogP contribution in [0.4, 0.5) is 0 Å².